The summed E-state index contributed by atoms with van der Waals surface area (Å²) in [5.74, 6) is -0.259. The standard InChI is InChI=1S/C15H20ClNO3S2/c1-3-20-9-15(14(17)21)12(13(15)22(18,19)4-2)10-6-5-7-11(16)8-10/h5-8,12-13H,3-4,9H2,1-2H3,(H2,17,21)/t12-,13-,15-/m0/s1. The van der Waals surface area contributed by atoms with Gasteiger partial charge in [0, 0.05) is 23.3 Å². The summed E-state index contributed by atoms with van der Waals surface area (Å²) in [7, 11) is -3.31. The predicted octanol–water partition coefficient (Wildman–Crippen LogP) is 2.55. The smallest absolute Gasteiger partial charge is 0.154 e. The van der Waals surface area contributed by atoms with Crippen molar-refractivity contribution in [1.82, 2.24) is 0 Å². The highest BCUT2D eigenvalue weighted by molar-refractivity contribution is 7.92. The van der Waals surface area contributed by atoms with E-state index in [0.29, 0.717) is 11.6 Å². The van der Waals surface area contributed by atoms with Gasteiger partial charge in [-0.3, -0.25) is 0 Å². The van der Waals surface area contributed by atoms with E-state index in [0.717, 1.165) is 5.56 Å². The first-order valence-electron chi connectivity index (χ1n) is 7.16. The second kappa shape index (κ2) is 6.43. The Morgan fingerprint density at radius 2 is 2.14 bits per heavy atom. The van der Waals surface area contributed by atoms with Crippen molar-refractivity contribution in [2.75, 3.05) is 19.0 Å². The lowest BCUT2D eigenvalue weighted by molar-refractivity contribution is 0.121. The Balaban J connectivity index is 2.51. The van der Waals surface area contributed by atoms with E-state index in [1.807, 2.05) is 13.0 Å². The summed E-state index contributed by atoms with van der Waals surface area (Å²) in [6.07, 6.45) is 0. The van der Waals surface area contributed by atoms with Gasteiger partial charge in [0.15, 0.2) is 9.84 Å². The maximum Gasteiger partial charge on any atom is 0.154 e. The Morgan fingerprint density at radius 3 is 2.64 bits per heavy atom. The lowest BCUT2D eigenvalue weighted by Crippen LogP contribution is -2.34. The molecule has 2 N–H and O–H groups in total. The Labute approximate surface area is 141 Å². The van der Waals surface area contributed by atoms with Gasteiger partial charge in [-0.05, 0) is 24.6 Å². The van der Waals surface area contributed by atoms with Crippen molar-refractivity contribution in [2.24, 2.45) is 11.1 Å². The van der Waals surface area contributed by atoms with E-state index in [1.165, 1.54) is 0 Å². The third-order valence-electron chi connectivity index (χ3n) is 4.26. The van der Waals surface area contributed by atoms with Gasteiger partial charge in [-0.1, -0.05) is 42.9 Å². The minimum atomic E-state index is -3.31. The largest absolute Gasteiger partial charge is 0.393 e. The van der Waals surface area contributed by atoms with Crippen LogP contribution >= 0.6 is 23.8 Å². The number of ether oxygens (including phenoxy) is 1. The lowest BCUT2D eigenvalue weighted by Gasteiger charge is -2.16. The van der Waals surface area contributed by atoms with Crippen LogP contribution in [0.1, 0.15) is 25.3 Å². The SMILES string of the molecule is CCOC[C@]1(C(N)=S)[C@@H](c2cccc(Cl)c2)[C@@H]1S(=O)(=O)CC. The molecule has 0 saturated heterocycles. The van der Waals surface area contributed by atoms with Crippen LogP contribution in [-0.2, 0) is 14.6 Å². The molecule has 1 fully saturated rings. The van der Waals surface area contributed by atoms with Gasteiger partial charge >= 0.3 is 0 Å². The predicted molar refractivity (Wildman–Crippen MR) is 93.2 cm³/mol. The maximum atomic E-state index is 12.5. The molecule has 2 rings (SSSR count). The van der Waals surface area contributed by atoms with Crippen molar-refractivity contribution in [3.05, 3.63) is 34.9 Å². The Hall–Kier alpha value is -0.690. The van der Waals surface area contributed by atoms with Crippen LogP contribution < -0.4 is 5.73 Å². The highest BCUT2D eigenvalue weighted by Gasteiger charge is 2.72. The first-order chi connectivity index (χ1) is 10.3. The molecule has 1 aliphatic rings. The van der Waals surface area contributed by atoms with E-state index in [9.17, 15) is 8.42 Å². The number of benzene rings is 1. The van der Waals surface area contributed by atoms with Gasteiger partial charge in [-0.2, -0.15) is 0 Å². The third kappa shape index (κ3) is 2.89. The number of thiocarbonyl (C=S) groups is 1. The molecule has 0 heterocycles. The minimum absolute atomic E-state index is 0.0468. The molecule has 1 aromatic carbocycles. The molecule has 7 heteroatoms. The van der Waals surface area contributed by atoms with Gasteiger partial charge in [0.05, 0.1) is 22.3 Å². The molecule has 22 heavy (non-hydrogen) atoms. The van der Waals surface area contributed by atoms with Crippen LogP contribution in [0, 0.1) is 5.41 Å². The fourth-order valence-electron chi connectivity index (χ4n) is 3.09. The summed E-state index contributed by atoms with van der Waals surface area (Å²) < 4.78 is 30.5. The molecule has 3 atom stereocenters. The molecule has 1 aliphatic carbocycles. The maximum absolute atomic E-state index is 12.5. The van der Waals surface area contributed by atoms with E-state index in [-0.39, 0.29) is 23.3 Å². The molecule has 122 valence electrons. The number of hydrogen-bond donors (Lipinski definition) is 1. The van der Waals surface area contributed by atoms with E-state index in [2.05, 4.69) is 0 Å². The topological polar surface area (TPSA) is 69.4 Å². The second-order valence-electron chi connectivity index (χ2n) is 5.45. The van der Waals surface area contributed by atoms with Crippen molar-refractivity contribution in [2.45, 2.75) is 25.0 Å². The first-order valence-corrected chi connectivity index (χ1v) is 9.66. The molecule has 1 saturated carbocycles. The van der Waals surface area contributed by atoms with Gasteiger partial charge in [0.1, 0.15) is 0 Å². The average Bonchev–Trinajstić information content (AvgIpc) is 3.16. The van der Waals surface area contributed by atoms with E-state index < -0.39 is 20.5 Å². The Bertz CT molecular complexity index is 677. The molecule has 0 amide bonds. The van der Waals surface area contributed by atoms with Crippen molar-refractivity contribution in [3.8, 4) is 0 Å². The Kier molecular flexibility index (Phi) is 5.16. The zero-order valence-corrected chi connectivity index (χ0v) is 15.0. The fourth-order valence-corrected chi connectivity index (χ4v) is 5.76. The zero-order chi connectivity index (χ0) is 16.5. The van der Waals surface area contributed by atoms with Gasteiger partial charge in [0.2, 0.25) is 0 Å². The van der Waals surface area contributed by atoms with Crippen molar-refractivity contribution < 1.29 is 13.2 Å². The third-order valence-corrected chi connectivity index (χ3v) is 7.14. The molecule has 0 spiro atoms. The summed E-state index contributed by atoms with van der Waals surface area (Å²) in [6, 6.07) is 7.19. The van der Waals surface area contributed by atoms with Crippen LogP contribution in [0.3, 0.4) is 0 Å². The molecule has 0 aliphatic heterocycles. The number of nitrogens with two attached hydrogens (primary N) is 1. The molecule has 1 aromatic rings. The van der Waals surface area contributed by atoms with Crippen molar-refractivity contribution in [3.63, 3.8) is 0 Å². The normalized spacial score (nSPS) is 27.6. The molecular formula is C15H20ClNO3S2. The molecule has 0 bridgehead atoms. The number of rotatable bonds is 7. The monoisotopic (exact) mass is 361 g/mol. The van der Waals surface area contributed by atoms with Gasteiger partial charge in [0.25, 0.3) is 0 Å². The molecule has 4 nitrogen and oxygen atoms in total. The van der Waals surface area contributed by atoms with Gasteiger partial charge in [-0.25, -0.2) is 8.42 Å². The van der Waals surface area contributed by atoms with Crippen LogP contribution in [0.2, 0.25) is 5.02 Å². The first kappa shape index (κ1) is 17.7. The summed E-state index contributed by atoms with van der Waals surface area (Å²) in [6.45, 7) is 4.17. The number of sulfone groups is 1. The summed E-state index contributed by atoms with van der Waals surface area (Å²) in [5, 5.41) is -0.0854. The van der Waals surface area contributed by atoms with E-state index in [4.69, 9.17) is 34.3 Å². The Morgan fingerprint density at radius 1 is 1.45 bits per heavy atom. The quantitative estimate of drug-likeness (QED) is 0.756. The molecular weight excluding hydrogens is 342 g/mol. The number of hydrogen-bond acceptors (Lipinski definition) is 4. The highest BCUT2D eigenvalue weighted by Crippen LogP contribution is 2.63. The van der Waals surface area contributed by atoms with Crippen molar-refractivity contribution >= 4 is 38.6 Å². The van der Waals surface area contributed by atoms with E-state index >= 15 is 0 Å². The van der Waals surface area contributed by atoms with Gasteiger partial charge < -0.3 is 10.5 Å². The summed E-state index contributed by atoms with van der Waals surface area (Å²) >= 11 is 11.3. The van der Waals surface area contributed by atoms with Crippen LogP contribution in [0.25, 0.3) is 0 Å². The zero-order valence-electron chi connectivity index (χ0n) is 12.6. The summed E-state index contributed by atoms with van der Waals surface area (Å²) in [5.41, 5.74) is 5.93. The number of halogens is 1. The lowest BCUT2D eigenvalue weighted by atomic mass is 10.00. The highest BCUT2D eigenvalue weighted by atomic mass is 35.5. The average molecular weight is 362 g/mol. The molecule has 0 unspecified atom stereocenters. The summed E-state index contributed by atoms with van der Waals surface area (Å²) in [4.78, 5) is 0.188. The van der Waals surface area contributed by atoms with Crippen LogP contribution in [0.4, 0.5) is 0 Å². The van der Waals surface area contributed by atoms with E-state index in [1.54, 1.807) is 25.1 Å². The molecule has 0 radical (unpaired) electrons. The fraction of sp³-hybridized carbons (Fsp3) is 0.533. The van der Waals surface area contributed by atoms with Crippen LogP contribution in [0.5, 0.6) is 0 Å². The van der Waals surface area contributed by atoms with Crippen LogP contribution in [-0.4, -0.2) is 37.6 Å². The minimum Gasteiger partial charge on any atom is -0.393 e. The second-order valence-corrected chi connectivity index (χ2v) is 8.73. The van der Waals surface area contributed by atoms with Crippen LogP contribution in [0.15, 0.2) is 24.3 Å². The van der Waals surface area contributed by atoms with Crippen molar-refractivity contribution in [1.29, 1.82) is 0 Å². The van der Waals surface area contributed by atoms with Gasteiger partial charge in [-0.15, -0.1) is 0 Å². The molecule has 0 aromatic heterocycles.